The minimum atomic E-state index is -0.890. The summed E-state index contributed by atoms with van der Waals surface area (Å²) in [6, 6.07) is 0.0871. The van der Waals surface area contributed by atoms with Crippen molar-refractivity contribution in [2.24, 2.45) is 17.8 Å². The largest absolute Gasteiger partial charge is 0.449 e. The van der Waals surface area contributed by atoms with Crippen LogP contribution in [0.25, 0.3) is 0 Å². The summed E-state index contributed by atoms with van der Waals surface area (Å²) in [5.41, 5.74) is 1.10. The van der Waals surface area contributed by atoms with Gasteiger partial charge >= 0.3 is 5.97 Å². The summed E-state index contributed by atoms with van der Waals surface area (Å²) in [7, 11) is 0. The summed E-state index contributed by atoms with van der Waals surface area (Å²) in [6.07, 6.45) is 4.18. The molecule has 2 N–H and O–H groups in total. The van der Waals surface area contributed by atoms with E-state index < -0.39 is 12.1 Å². The Morgan fingerprint density at radius 1 is 1.14 bits per heavy atom. The number of aryl methyl sites for hydroxylation is 1. The van der Waals surface area contributed by atoms with Gasteiger partial charge in [0.1, 0.15) is 5.00 Å². The quantitative estimate of drug-likeness (QED) is 0.704. The summed E-state index contributed by atoms with van der Waals surface area (Å²) < 4.78 is 5.44. The molecule has 1 aromatic rings. The maximum absolute atomic E-state index is 12.7. The number of ether oxygens (including phenoxy) is 1. The normalized spacial score (nSPS) is 25.2. The van der Waals surface area contributed by atoms with E-state index in [1.807, 2.05) is 13.8 Å². The Kier molecular flexibility index (Phi) is 6.12. The second-order valence-electron chi connectivity index (χ2n) is 8.35. The Balaban J connectivity index is 1.61. The minimum absolute atomic E-state index is 0.0871. The van der Waals surface area contributed by atoms with Crippen LogP contribution in [-0.4, -0.2) is 29.9 Å². The van der Waals surface area contributed by atoms with Gasteiger partial charge in [0.05, 0.1) is 5.56 Å². The monoisotopic (exact) mass is 406 g/mol. The molecule has 0 spiro atoms. The summed E-state index contributed by atoms with van der Waals surface area (Å²) >= 11 is 1.33. The fourth-order valence-corrected chi connectivity index (χ4v) is 5.84. The van der Waals surface area contributed by atoms with Gasteiger partial charge in [-0.1, -0.05) is 6.42 Å². The third kappa shape index (κ3) is 4.24. The second kappa shape index (κ2) is 8.23. The molecule has 6 nitrogen and oxygen atoms in total. The Bertz CT molecular complexity index is 788. The standard InChI is InChI=1S/C21H30N2O4S/c1-10-13(4)28-20(23-14(5)24)18(10)21(26)27-12(3)19(25)22-11(2)17-9-15-6-7-16(17)8-15/h11-12,15-17H,6-9H2,1-5H3,(H,22,25)(H,23,24). The Labute approximate surface area is 170 Å². The van der Waals surface area contributed by atoms with Gasteiger partial charge in [-0.25, -0.2) is 4.79 Å². The molecule has 154 valence electrons. The van der Waals surface area contributed by atoms with Gasteiger partial charge in [0.25, 0.3) is 5.91 Å². The van der Waals surface area contributed by atoms with Crippen molar-refractivity contribution in [3.8, 4) is 0 Å². The summed E-state index contributed by atoms with van der Waals surface area (Å²) in [4.78, 5) is 37.6. The van der Waals surface area contributed by atoms with Gasteiger partial charge in [-0.2, -0.15) is 0 Å². The molecule has 0 aliphatic heterocycles. The van der Waals surface area contributed by atoms with Gasteiger partial charge in [-0.3, -0.25) is 9.59 Å². The highest BCUT2D eigenvalue weighted by Crippen LogP contribution is 2.49. The number of carbonyl (C=O) groups excluding carboxylic acids is 3. The van der Waals surface area contributed by atoms with Crippen molar-refractivity contribution < 1.29 is 19.1 Å². The van der Waals surface area contributed by atoms with Crippen LogP contribution in [0.4, 0.5) is 5.00 Å². The number of thiophene rings is 1. The molecule has 1 heterocycles. The van der Waals surface area contributed by atoms with Crippen molar-refractivity contribution in [1.82, 2.24) is 5.32 Å². The molecular weight excluding hydrogens is 376 g/mol. The fraction of sp³-hybridized carbons (Fsp3) is 0.667. The zero-order valence-electron chi connectivity index (χ0n) is 17.3. The molecule has 1 aromatic heterocycles. The van der Waals surface area contributed by atoms with Gasteiger partial charge in [-0.15, -0.1) is 11.3 Å². The third-order valence-electron chi connectivity index (χ3n) is 6.34. The average molecular weight is 407 g/mol. The Hall–Kier alpha value is -1.89. The molecule has 5 atom stereocenters. The number of fused-ring (bicyclic) bond motifs is 2. The van der Waals surface area contributed by atoms with Crippen LogP contribution < -0.4 is 10.6 Å². The van der Waals surface area contributed by atoms with Gasteiger partial charge in [-0.05, 0) is 70.3 Å². The summed E-state index contributed by atoms with van der Waals surface area (Å²) in [5, 5.41) is 6.20. The van der Waals surface area contributed by atoms with Crippen LogP contribution in [0.1, 0.15) is 67.3 Å². The van der Waals surface area contributed by atoms with Gasteiger partial charge in [0.2, 0.25) is 5.91 Å². The summed E-state index contributed by atoms with van der Waals surface area (Å²) in [5.74, 6) is 0.964. The van der Waals surface area contributed by atoms with E-state index in [9.17, 15) is 14.4 Å². The first-order chi connectivity index (χ1) is 13.2. The van der Waals surface area contributed by atoms with Gasteiger partial charge < -0.3 is 15.4 Å². The summed E-state index contributed by atoms with van der Waals surface area (Å²) in [6.45, 7) is 8.74. The van der Waals surface area contributed by atoms with Gasteiger partial charge in [0.15, 0.2) is 6.10 Å². The maximum Gasteiger partial charge on any atom is 0.342 e. The second-order valence-corrected chi connectivity index (χ2v) is 9.58. The smallest absolute Gasteiger partial charge is 0.342 e. The molecule has 2 saturated carbocycles. The minimum Gasteiger partial charge on any atom is -0.449 e. The van der Waals surface area contributed by atoms with E-state index in [1.165, 1.54) is 43.9 Å². The Morgan fingerprint density at radius 2 is 1.86 bits per heavy atom. The van der Waals surface area contributed by atoms with Crippen molar-refractivity contribution in [3.63, 3.8) is 0 Å². The third-order valence-corrected chi connectivity index (χ3v) is 7.46. The van der Waals surface area contributed by atoms with E-state index in [4.69, 9.17) is 4.74 Å². The SMILES string of the molecule is CC(=O)Nc1sc(C)c(C)c1C(=O)OC(C)C(=O)NC(C)C1CC2CCC1C2. The molecule has 0 saturated heterocycles. The van der Waals surface area contributed by atoms with Crippen LogP contribution in [0, 0.1) is 31.6 Å². The number of rotatable bonds is 6. The highest BCUT2D eigenvalue weighted by atomic mass is 32.1. The molecule has 28 heavy (non-hydrogen) atoms. The number of hydrogen-bond acceptors (Lipinski definition) is 5. The lowest BCUT2D eigenvalue weighted by Gasteiger charge is -2.29. The average Bonchev–Trinajstić information content (AvgIpc) is 3.30. The molecule has 0 aromatic carbocycles. The number of nitrogens with one attached hydrogen (secondary N) is 2. The molecule has 7 heteroatoms. The highest BCUT2D eigenvalue weighted by molar-refractivity contribution is 7.16. The molecule has 2 aliphatic rings. The van der Waals surface area contributed by atoms with Crippen LogP contribution in [-0.2, 0) is 14.3 Å². The molecular formula is C21H30N2O4S. The van der Waals surface area contributed by atoms with E-state index in [-0.39, 0.29) is 17.9 Å². The molecule has 2 aliphatic carbocycles. The molecule has 0 radical (unpaired) electrons. The first kappa shape index (κ1) is 20.8. The van der Waals surface area contributed by atoms with E-state index in [0.29, 0.717) is 16.5 Å². The lowest BCUT2D eigenvalue weighted by atomic mass is 9.84. The van der Waals surface area contributed by atoms with Crippen molar-refractivity contribution in [1.29, 1.82) is 0 Å². The first-order valence-electron chi connectivity index (χ1n) is 10.1. The van der Waals surface area contributed by atoms with Crippen molar-refractivity contribution in [3.05, 3.63) is 16.0 Å². The molecule has 3 rings (SSSR count). The van der Waals surface area contributed by atoms with E-state index >= 15 is 0 Å². The molecule has 5 unspecified atom stereocenters. The number of amides is 2. The lowest BCUT2D eigenvalue weighted by Crippen LogP contribution is -2.45. The van der Waals surface area contributed by atoms with Crippen LogP contribution in [0.5, 0.6) is 0 Å². The van der Waals surface area contributed by atoms with Crippen LogP contribution in [0.3, 0.4) is 0 Å². The number of anilines is 1. The van der Waals surface area contributed by atoms with E-state index in [1.54, 1.807) is 6.92 Å². The molecule has 2 bridgehead atoms. The van der Waals surface area contributed by atoms with Crippen LogP contribution in [0.2, 0.25) is 0 Å². The van der Waals surface area contributed by atoms with Gasteiger partial charge in [0, 0.05) is 17.8 Å². The number of carbonyl (C=O) groups is 3. The molecule has 2 amide bonds. The highest BCUT2D eigenvalue weighted by Gasteiger charge is 2.42. The van der Waals surface area contributed by atoms with E-state index in [0.717, 1.165) is 22.3 Å². The van der Waals surface area contributed by atoms with E-state index in [2.05, 4.69) is 17.6 Å². The topological polar surface area (TPSA) is 84.5 Å². The zero-order chi connectivity index (χ0) is 20.6. The van der Waals surface area contributed by atoms with Crippen LogP contribution in [0.15, 0.2) is 0 Å². The lowest BCUT2D eigenvalue weighted by molar-refractivity contribution is -0.130. The first-order valence-corrected chi connectivity index (χ1v) is 10.9. The van der Waals surface area contributed by atoms with Crippen molar-refractivity contribution in [2.75, 3.05) is 5.32 Å². The predicted molar refractivity (Wildman–Crippen MR) is 110 cm³/mol. The Morgan fingerprint density at radius 3 is 2.43 bits per heavy atom. The van der Waals surface area contributed by atoms with Crippen molar-refractivity contribution >= 4 is 34.1 Å². The van der Waals surface area contributed by atoms with Crippen molar-refractivity contribution in [2.45, 2.75) is 72.4 Å². The number of esters is 1. The number of hydrogen-bond donors (Lipinski definition) is 2. The predicted octanol–water partition coefficient (Wildman–Crippen LogP) is 3.81. The fourth-order valence-electron chi connectivity index (χ4n) is 4.75. The molecule has 2 fully saturated rings. The maximum atomic E-state index is 12.7. The zero-order valence-corrected chi connectivity index (χ0v) is 18.1. The van der Waals surface area contributed by atoms with Crippen LogP contribution >= 0.6 is 11.3 Å².